The molecule has 3 aromatic rings. The fourth-order valence-corrected chi connectivity index (χ4v) is 4.17. The van der Waals surface area contributed by atoms with E-state index < -0.39 is 5.60 Å². The molecule has 3 heterocycles. The number of fused-ring (bicyclic) bond motifs is 1. The number of carbonyl (C=O) groups excluding carboxylic acids is 2. The summed E-state index contributed by atoms with van der Waals surface area (Å²) in [5.74, 6) is 1.54. The molecule has 1 aliphatic heterocycles. The molecule has 0 bridgehead atoms. The van der Waals surface area contributed by atoms with Crippen molar-refractivity contribution in [2.45, 2.75) is 64.0 Å². The van der Waals surface area contributed by atoms with Crippen molar-refractivity contribution >= 4 is 22.8 Å². The van der Waals surface area contributed by atoms with Crippen molar-refractivity contribution in [3.05, 3.63) is 30.3 Å². The van der Waals surface area contributed by atoms with Crippen LogP contribution in [0.5, 0.6) is 0 Å². The highest BCUT2D eigenvalue weighted by molar-refractivity contribution is 5.86. The molecule has 1 aromatic carbocycles. The Balaban J connectivity index is 1.25. The smallest absolute Gasteiger partial charge is 0.410 e. The lowest BCUT2D eigenvalue weighted by atomic mass is 9.92. The zero-order valence-electron chi connectivity index (χ0n) is 18.6. The van der Waals surface area contributed by atoms with Crippen LogP contribution in [-0.4, -0.2) is 55.4 Å². The SMILES string of the molecule is CC(C)(C)OC(=O)N1CCC(c2nc(-c3ccc4cn(C5CC(=O)C5)nc4c3)no2)CC1. The number of benzene rings is 1. The molecule has 32 heavy (non-hydrogen) atoms. The van der Waals surface area contributed by atoms with Crippen LogP contribution in [0.25, 0.3) is 22.3 Å². The summed E-state index contributed by atoms with van der Waals surface area (Å²) in [6.45, 7) is 6.81. The van der Waals surface area contributed by atoms with Crippen molar-refractivity contribution in [2.24, 2.45) is 0 Å². The van der Waals surface area contributed by atoms with Crippen LogP contribution in [0.3, 0.4) is 0 Å². The largest absolute Gasteiger partial charge is 0.444 e. The maximum atomic E-state index is 12.3. The third kappa shape index (κ3) is 4.11. The molecule has 2 fully saturated rings. The number of piperidine rings is 1. The molecule has 168 valence electrons. The number of ether oxygens (including phenoxy) is 1. The van der Waals surface area contributed by atoms with E-state index in [9.17, 15) is 9.59 Å². The zero-order chi connectivity index (χ0) is 22.5. The van der Waals surface area contributed by atoms with Crippen LogP contribution in [0.15, 0.2) is 28.9 Å². The minimum Gasteiger partial charge on any atom is -0.444 e. The first-order valence-electron chi connectivity index (χ1n) is 11.1. The van der Waals surface area contributed by atoms with Gasteiger partial charge in [-0.15, -0.1) is 0 Å². The first-order valence-corrected chi connectivity index (χ1v) is 11.1. The van der Waals surface area contributed by atoms with Crippen molar-refractivity contribution in [2.75, 3.05) is 13.1 Å². The van der Waals surface area contributed by atoms with Gasteiger partial charge >= 0.3 is 6.09 Å². The van der Waals surface area contributed by atoms with Crippen LogP contribution in [0, 0.1) is 0 Å². The summed E-state index contributed by atoms with van der Waals surface area (Å²) >= 11 is 0. The molecule has 0 radical (unpaired) electrons. The molecule has 9 nitrogen and oxygen atoms in total. The molecule has 5 rings (SSSR count). The standard InChI is InChI=1S/C23H27N5O4/c1-23(2,3)31-22(30)27-8-6-14(7-9-27)21-24-20(26-32-21)15-4-5-16-13-28(25-19(16)10-15)17-11-18(29)12-17/h4-5,10,13-14,17H,6-9,11-12H2,1-3H3. The molecule has 0 N–H and O–H groups in total. The molecular formula is C23H27N5O4. The summed E-state index contributed by atoms with van der Waals surface area (Å²) in [6.07, 6.45) is 4.33. The Bertz CT molecular complexity index is 1160. The topological polar surface area (TPSA) is 103 Å². The second-order valence-electron chi connectivity index (χ2n) is 9.68. The van der Waals surface area contributed by atoms with Gasteiger partial charge in [-0.2, -0.15) is 10.1 Å². The summed E-state index contributed by atoms with van der Waals surface area (Å²) in [5.41, 5.74) is 1.19. The Morgan fingerprint density at radius 3 is 2.62 bits per heavy atom. The van der Waals surface area contributed by atoms with Gasteiger partial charge in [0.1, 0.15) is 11.4 Å². The number of aromatic nitrogens is 4. The van der Waals surface area contributed by atoms with Gasteiger partial charge in [-0.1, -0.05) is 17.3 Å². The number of rotatable bonds is 3. The second kappa shape index (κ2) is 7.72. The molecule has 0 spiro atoms. The van der Waals surface area contributed by atoms with E-state index in [1.165, 1.54) is 0 Å². The molecule has 1 amide bonds. The first-order chi connectivity index (χ1) is 15.2. The minimum absolute atomic E-state index is 0.119. The van der Waals surface area contributed by atoms with Gasteiger partial charge in [0.15, 0.2) is 0 Å². The number of hydrogen-bond acceptors (Lipinski definition) is 7. The first kappa shape index (κ1) is 20.7. The molecule has 9 heteroatoms. The fraction of sp³-hybridized carbons (Fsp3) is 0.522. The van der Waals surface area contributed by atoms with Gasteiger partial charge in [-0.25, -0.2) is 4.79 Å². The van der Waals surface area contributed by atoms with Crippen molar-refractivity contribution in [3.63, 3.8) is 0 Å². The molecule has 0 unspecified atom stereocenters. The van der Waals surface area contributed by atoms with E-state index in [4.69, 9.17) is 9.26 Å². The highest BCUT2D eigenvalue weighted by atomic mass is 16.6. The maximum absolute atomic E-state index is 12.3. The van der Waals surface area contributed by atoms with E-state index in [1.54, 1.807) is 4.90 Å². The van der Waals surface area contributed by atoms with Crippen LogP contribution in [0.1, 0.15) is 64.3 Å². The zero-order valence-corrected chi connectivity index (χ0v) is 18.6. The Morgan fingerprint density at radius 1 is 1.19 bits per heavy atom. The van der Waals surface area contributed by atoms with Gasteiger partial charge < -0.3 is 14.2 Å². The third-order valence-electron chi connectivity index (χ3n) is 6.02. The summed E-state index contributed by atoms with van der Waals surface area (Å²) < 4.78 is 12.9. The molecule has 2 aromatic heterocycles. The van der Waals surface area contributed by atoms with E-state index >= 15 is 0 Å². The number of likely N-dealkylation sites (tertiary alicyclic amines) is 1. The number of nitrogens with zero attached hydrogens (tertiary/aromatic N) is 5. The number of amides is 1. The highest BCUT2D eigenvalue weighted by Crippen LogP contribution is 2.32. The Kier molecular flexibility index (Phi) is 4.98. The lowest BCUT2D eigenvalue weighted by Gasteiger charge is -2.32. The summed E-state index contributed by atoms with van der Waals surface area (Å²) in [5, 5.41) is 9.83. The lowest BCUT2D eigenvalue weighted by Crippen LogP contribution is -2.41. The predicted molar refractivity (Wildman–Crippen MR) is 116 cm³/mol. The summed E-state index contributed by atoms with van der Waals surface area (Å²) in [4.78, 5) is 29.9. The molecule has 1 aliphatic carbocycles. The van der Waals surface area contributed by atoms with Crippen LogP contribution >= 0.6 is 0 Å². The predicted octanol–water partition coefficient (Wildman–Crippen LogP) is 4.10. The normalized spacial score (nSPS) is 18.2. The van der Waals surface area contributed by atoms with E-state index in [0.29, 0.717) is 37.6 Å². The number of ketones is 1. The molecule has 1 saturated heterocycles. The van der Waals surface area contributed by atoms with Gasteiger partial charge in [-0.05, 0) is 39.7 Å². The number of Topliss-reactive ketones (excluding diaryl/α,β-unsaturated/α-hetero) is 1. The molecule has 2 aliphatic rings. The van der Waals surface area contributed by atoms with Crippen molar-refractivity contribution in [1.29, 1.82) is 0 Å². The van der Waals surface area contributed by atoms with Gasteiger partial charge in [0, 0.05) is 49.0 Å². The monoisotopic (exact) mass is 437 g/mol. The Labute approximate surface area is 185 Å². The highest BCUT2D eigenvalue weighted by Gasteiger charge is 2.31. The van der Waals surface area contributed by atoms with Crippen molar-refractivity contribution in [1.82, 2.24) is 24.8 Å². The number of hydrogen-bond donors (Lipinski definition) is 0. The van der Waals surface area contributed by atoms with E-state index in [0.717, 1.165) is 29.3 Å². The van der Waals surface area contributed by atoms with Crippen LogP contribution < -0.4 is 0 Å². The lowest BCUT2D eigenvalue weighted by molar-refractivity contribution is -0.126. The molecule has 0 atom stereocenters. The van der Waals surface area contributed by atoms with Gasteiger partial charge in [0.25, 0.3) is 0 Å². The average molecular weight is 438 g/mol. The van der Waals surface area contributed by atoms with Gasteiger partial charge in [0.05, 0.1) is 11.6 Å². The van der Waals surface area contributed by atoms with Crippen LogP contribution in [0.2, 0.25) is 0 Å². The van der Waals surface area contributed by atoms with Crippen LogP contribution in [-0.2, 0) is 9.53 Å². The molecule has 1 saturated carbocycles. The number of carbonyl (C=O) groups is 2. The third-order valence-corrected chi connectivity index (χ3v) is 6.02. The van der Waals surface area contributed by atoms with Crippen molar-refractivity contribution < 1.29 is 18.8 Å². The fourth-order valence-electron chi connectivity index (χ4n) is 4.17. The Hall–Kier alpha value is -3.23. The van der Waals surface area contributed by atoms with Gasteiger partial charge in [0.2, 0.25) is 11.7 Å². The van der Waals surface area contributed by atoms with Crippen molar-refractivity contribution in [3.8, 4) is 11.4 Å². The van der Waals surface area contributed by atoms with E-state index in [2.05, 4.69) is 15.2 Å². The maximum Gasteiger partial charge on any atom is 0.410 e. The quantitative estimate of drug-likeness (QED) is 0.607. The minimum atomic E-state index is -0.498. The van der Waals surface area contributed by atoms with E-state index in [-0.39, 0.29) is 23.8 Å². The summed E-state index contributed by atoms with van der Waals surface area (Å²) in [6, 6.07) is 6.07. The van der Waals surface area contributed by atoms with E-state index in [1.807, 2.05) is 49.8 Å². The molecular weight excluding hydrogens is 410 g/mol. The summed E-state index contributed by atoms with van der Waals surface area (Å²) in [7, 11) is 0. The Morgan fingerprint density at radius 2 is 1.94 bits per heavy atom. The van der Waals surface area contributed by atoms with Crippen LogP contribution in [0.4, 0.5) is 4.79 Å². The second-order valence-corrected chi connectivity index (χ2v) is 9.68. The van der Waals surface area contributed by atoms with Gasteiger partial charge in [-0.3, -0.25) is 9.48 Å². The average Bonchev–Trinajstić information content (AvgIpc) is 3.37.